The first kappa shape index (κ1) is 12.5. The second kappa shape index (κ2) is 6.07. The van der Waals surface area contributed by atoms with Gasteiger partial charge in [-0.15, -0.1) is 0 Å². The lowest BCUT2D eigenvalue weighted by molar-refractivity contribution is 0.303. The Kier molecular flexibility index (Phi) is 4.20. The number of rotatable bonds is 5. The molecular formula is C15H17NO2. The molecule has 2 N–H and O–H groups in total. The van der Waals surface area contributed by atoms with Crippen LogP contribution in [0.4, 0.5) is 0 Å². The number of hydrogen-bond acceptors (Lipinski definition) is 3. The zero-order chi connectivity index (χ0) is 12.8. The largest absolute Gasteiger partial charge is 0.497 e. The number of nitrogens with two attached hydrogens (primary N) is 1. The molecule has 0 saturated carbocycles. The van der Waals surface area contributed by atoms with Crippen molar-refractivity contribution in [2.45, 2.75) is 13.2 Å². The molecule has 0 heterocycles. The highest BCUT2D eigenvalue weighted by molar-refractivity contribution is 5.38. The molecule has 0 aliphatic rings. The van der Waals surface area contributed by atoms with Gasteiger partial charge < -0.3 is 15.2 Å². The van der Waals surface area contributed by atoms with Crippen LogP contribution in [-0.2, 0) is 13.2 Å². The molecule has 0 aromatic heterocycles. The topological polar surface area (TPSA) is 44.5 Å². The van der Waals surface area contributed by atoms with E-state index >= 15 is 0 Å². The first-order chi connectivity index (χ1) is 8.81. The molecule has 0 bridgehead atoms. The highest BCUT2D eigenvalue weighted by atomic mass is 16.5. The van der Waals surface area contributed by atoms with E-state index in [-0.39, 0.29) is 0 Å². The zero-order valence-electron chi connectivity index (χ0n) is 10.4. The molecule has 0 radical (unpaired) electrons. The van der Waals surface area contributed by atoms with Crippen molar-refractivity contribution in [3.63, 3.8) is 0 Å². The van der Waals surface area contributed by atoms with Crippen molar-refractivity contribution in [3.8, 4) is 11.5 Å². The van der Waals surface area contributed by atoms with E-state index in [1.165, 1.54) is 0 Å². The lowest BCUT2D eigenvalue weighted by atomic mass is 10.2. The Hall–Kier alpha value is -2.00. The van der Waals surface area contributed by atoms with Crippen LogP contribution in [0.15, 0.2) is 48.5 Å². The van der Waals surface area contributed by atoms with E-state index in [0.717, 1.165) is 22.6 Å². The first-order valence-electron chi connectivity index (χ1n) is 5.86. The van der Waals surface area contributed by atoms with Gasteiger partial charge in [-0.1, -0.05) is 30.3 Å². The Labute approximate surface area is 107 Å². The number of benzene rings is 2. The third-order valence-corrected chi connectivity index (χ3v) is 2.66. The summed E-state index contributed by atoms with van der Waals surface area (Å²) in [6.45, 7) is 1.01. The number of methoxy groups -OCH3 is 1. The minimum atomic E-state index is 0.471. The summed E-state index contributed by atoms with van der Waals surface area (Å²) in [5.74, 6) is 1.54. The summed E-state index contributed by atoms with van der Waals surface area (Å²) < 4.78 is 11.0. The third kappa shape index (κ3) is 3.25. The highest BCUT2D eigenvalue weighted by Gasteiger charge is 2.02. The maximum absolute atomic E-state index is 5.74. The Morgan fingerprint density at radius 1 is 0.944 bits per heavy atom. The minimum absolute atomic E-state index is 0.471. The van der Waals surface area contributed by atoms with Gasteiger partial charge >= 0.3 is 0 Å². The van der Waals surface area contributed by atoms with E-state index in [1.54, 1.807) is 7.11 Å². The molecule has 0 spiro atoms. The van der Waals surface area contributed by atoms with Crippen LogP contribution in [0.3, 0.4) is 0 Å². The summed E-state index contributed by atoms with van der Waals surface area (Å²) in [5, 5.41) is 0. The van der Waals surface area contributed by atoms with E-state index < -0.39 is 0 Å². The molecule has 0 saturated heterocycles. The molecule has 0 unspecified atom stereocenters. The second-order valence-corrected chi connectivity index (χ2v) is 4.00. The van der Waals surface area contributed by atoms with Gasteiger partial charge in [-0.3, -0.25) is 0 Å². The molecule has 3 heteroatoms. The minimum Gasteiger partial charge on any atom is -0.497 e. The summed E-state index contributed by atoms with van der Waals surface area (Å²) in [4.78, 5) is 0. The van der Waals surface area contributed by atoms with Crippen LogP contribution in [0, 0.1) is 0 Å². The molecule has 0 fully saturated rings. The van der Waals surface area contributed by atoms with Gasteiger partial charge in [0.2, 0.25) is 0 Å². The predicted octanol–water partition coefficient (Wildman–Crippen LogP) is 2.73. The molecule has 94 valence electrons. The maximum Gasteiger partial charge on any atom is 0.123 e. The molecule has 0 aliphatic heterocycles. The van der Waals surface area contributed by atoms with Crippen molar-refractivity contribution < 1.29 is 9.47 Å². The maximum atomic E-state index is 5.74. The quantitative estimate of drug-likeness (QED) is 0.878. The lowest BCUT2D eigenvalue weighted by Crippen LogP contribution is -2.00. The van der Waals surface area contributed by atoms with Crippen molar-refractivity contribution in [1.82, 2.24) is 0 Å². The molecular weight excluding hydrogens is 226 g/mol. The molecule has 0 amide bonds. The standard InChI is InChI=1S/C15H17NO2/c1-17-14-7-13(10-16)8-15(9-14)18-11-12-5-3-2-4-6-12/h2-9H,10-11,16H2,1H3. The Morgan fingerprint density at radius 3 is 2.33 bits per heavy atom. The van der Waals surface area contributed by atoms with Gasteiger partial charge in [0.05, 0.1) is 7.11 Å². The van der Waals surface area contributed by atoms with Crippen LogP contribution in [-0.4, -0.2) is 7.11 Å². The molecule has 2 aromatic carbocycles. The van der Waals surface area contributed by atoms with Crippen LogP contribution >= 0.6 is 0 Å². The first-order valence-corrected chi connectivity index (χ1v) is 5.86. The van der Waals surface area contributed by atoms with Gasteiger partial charge in [0.25, 0.3) is 0 Å². The number of hydrogen-bond donors (Lipinski definition) is 1. The van der Waals surface area contributed by atoms with Gasteiger partial charge in [0.1, 0.15) is 18.1 Å². The fourth-order valence-corrected chi connectivity index (χ4v) is 1.69. The van der Waals surface area contributed by atoms with Crippen molar-refractivity contribution >= 4 is 0 Å². The monoisotopic (exact) mass is 243 g/mol. The van der Waals surface area contributed by atoms with Crippen molar-refractivity contribution in [2.24, 2.45) is 5.73 Å². The van der Waals surface area contributed by atoms with Crippen LogP contribution in [0.2, 0.25) is 0 Å². The van der Waals surface area contributed by atoms with E-state index in [1.807, 2.05) is 48.5 Å². The molecule has 2 rings (SSSR count). The molecule has 3 nitrogen and oxygen atoms in total. The van der Waals surface area contributed by atoms with E-state index in [9.17, 15) is 0 Å². The van der Waals surface area contributed by atoms with Gasteiger partial charge in [0.15, 0.2) is 0 Å². The Bertz CT molecular complexity index is 475. The Morgan fingerprint density at radius 2 is 1.67 bits per heavy atom. The van der Waals surface area contributed by atoms with Gasteiger partial charge in [-0.25, -0.2) is 0 Å². The van der Waals surface area contributed by atoms with E-state index in [0.29, 0.717) is 13.2 Å². The average Bonchev–Trinajstić information content (AvgIpc) is 2.45. The molecule has 2 aromatic rings. The van der Waals surface area contributed by atoms with Gasteiger partial charge in [-0.05, 0) is 23.3 Å². The normalized spacial score (nSPS) is 10.1. The van der Waals surface area contributed by atoms with Crippen molar-refractivity contribution in [3.05, 3.63) is 59.7 Å². The Balaban J connectivity index is 2.09. The summed E-state index contributed by atoms with van der Waals surface area (Å²) >= 11 is 0. The fourth-order valence-electron chi connectivity index (χ4n) is 1.69. The van der Waals surface area contributed by atoms with Crippen LogP contribution in [0.1, 0.15) is 11.1 Å². The fraction of sp³-hybridized carbons (Fsp3) is 0.200. The van der Waals surface area contributed by atoms with Gasteiger partial charge in [-0.2, -0.15) is 0 Å². The molecule has 0 aliphatic carbocycles. The average molecular weight is 243 g/mol. The summed E-state index contributed by atoms with van der Waals surface area (Å²) in [6, 6.07) is 15.8. The summed E-state index contributed by atoms with van der Waals surface area (Å²) in [5.41, 5.74) is 7.77. The molecule has 0 atom stereocenters. The predicted molar refractivity (Wildman–Crippen MR) is 71.7 cm³/mol. The van der Waals surface area contributed by atoms with E-state index in [2.05, 4.69) is 0 Å². The third-order valence-electron chi connectivity index (χ3n) is 2.66. The summed E-state index contributed by atoms with van der Waals surface area (Å²) in [7, 11) is 1.64. The zero-order valence-corrected chi connectivity index (χ0v) is 10.4. The smallest absolute Gasteiger partial charge is 0.123 e. The van der Waals surface area contributed by atoms with Crippen molar-refractivity contribution in [1.29, 1.82) is 0 Å². The summed E-state index contributed by atoms with van der Waals surface area (Å²) in [6.07, 6.45) is 0. The van der Waals surface area contributed by atoms with Crippen molar-refractivity contribution in [2.75, 3.05) is 7.11 Å². The van der Waals surface area contributed by atoms with E-state index in [4.69, 9.17) is 15.2 Å². The van der Waals surface area contributed by atoms with Crippen LogP contribution in [0.25, 0.3) is 0 Å². The lowest BCUT2D eigenvalue weighted by Gasteiger charge is -2.10. The highest BCUT2D eigenvalue weighted by Crippen LogP contribution is 2.23. The SMILES string of the molecule is COc1cc(CN)cc(OCc2ccccc2)c1. The van der Waals surface area contributed by atoms with Gasteiger partial charge in [0, 0.05) is 12.6 Å². The number of ether oxygens (including phenoxy) is 2. The second-order valence-electron chi connectivity index (χ2n) is 4.00. The van der Waals surface area contributed by atoms with Crippen LogP contribution in [0.5, 0.6) is 11.5 Å². The molecule has 18 heavy (non-hydrogen) atoms. The van der Waals surface area contributed by atoms with Crippen LogP contribution < -0.4 is 15.2 Å².